The first-order chi connectivity index (χ1) is 12.3. The first-order valence-corrected chi connectivity index (χ1v) is 12.0. The molecule has 0 aliphatic carbocycles. The first-order valence-electron chi connectivity index (χ1n) is 8.57. The van der Waals surface area contributed by atoms with Crippen molar-refractivity contribution in [1.82, 2.24) is 10.6 Å². The van der Waals surface area contributed by atoms with Crippen LogP contribution in [0, 0.1) is 0 Å². The SMILES string of the molecule is CN=C(NCCS(=O)(=O)N1CCc2ccccc21)NC1CCS(=O)(=O)C1. The molecule has 1 atom stereocenters. The molecule has 2 N–H and O–H groups in total. The Balaban J connectivity index is 1.54. The van der Waals surface area contributed by atoms with Gasteiger partial charge >= 0.3 is 0 Å². The molecule has 0 spiro atoms. The number of nitrogens with one attached hydrogen (secondary N) is 2. The van der Waals surface area contributed by atoms with Crippen LogP contribution in [0.25, 0.3) is 0 Å². The lowest BCUT2D eigenvalue weighted by atomic mass is 10.2. The number of anilines is 1. The Hall–Kier alpha value is -1.81. The Labute approximate surface area is 154 Å². The molecule has 1 unspecified atom stereocenters. The van der Waals surface area contributed by atoms with Crippen LogP contribution >= 0.6 is 0 Å². The van der Waals surface area contributed by atoms with E-state index in [0.717, 1.165) is 17.7 Å². The van der Waals surface area contributed by atoms with Gasteiger partial charge in [-0.1, -0.05) is 18.2 Å². The zero-order valence-electron chi connectivity index (χ0n) is 14.7. The van der Waals surface area contributed by atoms with Gasteiger partial charge in [-0.05, 0) is 24.5 Å². The van der Waals surface area contributed by atoms with Crippen LogP contribution in [-0.2, 0) is 26.3 Å². The summed E-state index contributed by atoms with van der Waals surface area (Å²) in [4.78, 5) is 4.04. The van der Waals surface area contributed by atoms with E-state index in [0.29, 0.717) is 18.9 Å². The van der Waals surface area contributed by atoms with Gasteiger partial charge in [-0.2, -0.15) is 0 Å². The fraction of sp³-hybridized carbons (Fsp3) is 0.562. The molecule has 10 heteroatoms. The molecule has 1 aromatic carbocycles. The summed E-state index contributed by atoms with van der Waals surface area (Å²) in [5.74, 6) is 0.607. The molecule has 1 saturated heterocycles. The highest BCUT2D eigenvalue weighted by atomic mass is 32.2. The number of aliphatic imine (C=N–C) groups is 1. The number of para-hydroxylation sites is 1. The maximum Gasteiger partial charge on any atom is 0.236 e. The van der Waals surface area contributed by atoms with E-state index < -0.39 is 19.9 Å². The molecule has 26 heavy (non-hydrogen) atoms. The molecule has 2 aliphatic rings. The highest BCUT2D eigenvalue weighted by Crippen LogP contribution is 2.29. The van der Waals surface area contributed by atoms with Gasteiger partial charge < -0.3 is 10.6 Å². The summed E-state index contributed by atoms with van der Waals surface area (Å²) in [6, 6.07) is 7.34. The van der Waals surface area contributed by atoms with Crippen LogP contribution in [0.2, 0.25) is 0 Å². The van der Waals surface area contributed by atoms with Crippen LogP contribution in [0.15, 0.2) is 29.3 Å². The monoisotopic (exact) mass is 400 g/mol. The number of fused-ring (bicyclic) bond motifs is 1. The van der Waals surface area contributed by atoms with Crippen LogP contribution in [0.3, 0.4) is 0 Å². The van der Waals surface area contributed by atoms with Crippen molar-refractivity contribution in [3.8, 4) is 0 Å². The smallest absolute Gasteiger partial charge is 0.236 e. The fourth-order valence-corrected chi connectivity index (χ4v) is 6.40. The second kappa shape index (κ2) is 7.43. The number of nitrogens with zero attached hydrogens (tertiary/aromatic N) is 2. The van der Waals surface area contributed by atoms with Crippen molar-refractivity contribution in [1.29, 1.82) is 0 Å². The topological polar surface area (TPSA) is 108 Å². The number of hydrogen-bond acceptors (Lipinski definition) is 5. The molecule has 1 aromatic rings. The van der Waals surface area contributed by atoms with Crippen LogP contribution < -0.4 is 14.9 Å². The van der Waals surface area contributed by atoms with Gasteiger partial charge in [0.25, 0.3) is 0 Å². The molecular weight excluding hydrogens is 376 g/mol. The van der Waals surface area contributed by atoms with Gasteiger partial charge in [0, 0.05) is 26.2 Å². The van der Waals surface area contributed by atoms with Crippen molar-refractivity contribution < 1.29 is 16.8 Å². The van der Waals surface area contributed by atoms with E-state index >= 15 is 0 Å². The maximum atomic E-state index is 12.6. The molecule has 0 bridgehead atoms. The standard InChI is InChI=1S/C16H24N4O4S2/c1-17-16(19-14-7-10-25(21,22)12-14)18-8-11-26(23,24)20-9-6-13-4-2-3-5-15(13)20/h2-5,14H,6-12H2,1H3,(H2,17,18,19). The minimum atomic E-state index is -3.43. The van der Waals surface area contributed by atoms with Crippen LogP contribution in [0.4, 0.5) is 5.69 Å². The van der Waals surface area contributed by atoms with Crippen molar-refractivity contribution in [2.24, 2.45) is 4.99 Å². The third kappa shape index (κ3) is 4.29. The predicted octanol–water partition coefficient (Wildman–Crippen LogP) is -0.269. The van der Waals surface area contributed by atoms with Crippen LogP contribution in [0.5, 0.6) is 0 Å². The van der Waals surface area contributed by atoms with Gasteiger partial charge in [-0.25, -0.2) is 16.8 Å². The minimum absolute atomic E-state index is 0.0645. The zero-order valence-corrected chi connectivity index (χ0v) is 16.3. The van der Waals surface area contributed by atoms with E-state index in [1.807, 2.05) is 24.3 Å². The lowest BCUT2D eigenvalue weighted by Crippen LogP contribution is -2.46. The fourth-order valence-electron chi connectivity index (χ4n) is 3.30. The average Bonchev–Trinajstić information content (AvgIpc) is 3.17. The van der Waals surface area contributed by atoms with E-state index in [4.69, 9.17) is 0 Å². The van der Waals surface area contributed by atoms with E-state index in [-0.39, 0.29) is 29.8 Å². The third-order valence-electron chi connectivity index (χ3n) is 4.63. The van der Waals surface area contributed by atoms with Crippen molar-refractivity contribution in [3.05, 3.63) is 29.8 Å². The Bertz CT molecular complexity index is 897. The highest BCUT2D eigenvalue weighted by Gasteiger charge is 2.30. The molecule has 144 valence electrons. The van der Waals surface area contributed by atoms with Crippen LogP contribution in [-0.4, -0.2) is 66.2 Å². The number of benzene rings is 1. The van der Waals surface area contributed by atoms with E-state index in [2.05, 4.69) is 15.6 Å². The van der Waals surface area contributed by atoms with Crippen LogP contribution in [0.1, 0.15) is 12.0 Å². The van der Waals surface area contributed by atoms with Gasteiger partial charge in [-0.15, -0.1) is 0 Å². The summed E-state index contributed by atoms with van der Waals surface area (Å²) in [5.41, 5.74) is 1.80. The Morgan fingerprint density at radius 1 is 1.35 bits per heavy atom. The molecule has 1 fully saturated rings. The predicted molar refractivity (Wildman–Crippen MR) is 103 cm³/mol. The van der Waals surface area contributed by atoms with E-state index in [1.54, 1.807) is 7.05 Å². The number of hydrogen-bond donors (Lipinski definition) is 2. The molecule has 3 rings (SSSR count). The lowest BCUT2D eigenvalue weighted by molar-refractivity contribution is 0.590. The second-order valence-corrected chi connectivity index (χ2v) is 10.8. The number of guanidine groups is 1. The Kier molecular flexibility index (Phi) is 5.42. The summed E-state index contributed by atoms with van der Waals surface area (Å²) in [6.07, 6.45) is 1.26. The molecule has 2 aliphatic heterocycles. The average molecular weight is 401 g/mol. The minimum Gasteiger partial charge on any atom is -0.355 e. The van der Waals surface area contributed by atoms with Gasteiger partial charge in [-0.3, -0.25) is 9.30 Å². The number of sulfone groups is 1. The summed E-state index contributed by atoms with van der Waals surface area (Å²) >= 11 is 0. The van der Waals surface area contributed by atoms with Gasteiger partial charge in [0.15, 0.2) is 15.8 Å². The van der Waals surface area contributed by atoms with Crippen molar-refractivity contribution in [3.63, 3.8) is 0 Å². The van der Waals surface area contributed by atoms with E-state index in [9.17, 15) is 16.8 Å². The maximum absolute atomic E-state index is 12.6. The quantitative estimate of drug-likeness (QED) is 0.520. The van der Waals surface area contributed by atoms with Crippen molar-refractivity contribution >= 4 is 31.5 Å². The number of sulfonamides is 1. The summed E-state index contributed by atoms with van der Waals surface area (Å²) in [7, 11) is -4.84. The Morgan fingerprint density at radius 2 is 2.12 bits per heavy atom. The normalized spacial score (nSPS) is 22.3. The number of rotatable bonds is 5. The van der Waals surface area contributed by atoms with Gasteiger partial charge in [0.1, 0.15) is 0 Å². The van der Waals surface area contributed by atoms with Crippen molar-refractivity contribution in [2.45, 2.75) is 18.9 Å². The highest BCUT2D eigenvalue weighted by molar-refractivity contribution is 7.92. The van der Waals surface area contributed by atoms with Crippen molar-refractivity contribution in [2.75, 3.05) is 41.7 Å². The molecule has 8 nitrogen and oxygen atoms in total. The lowest BCUT2D eigenvalue weighted by Gasteiger charge is -2.20. The molecule has 0 saturated carbocycles. The summed E-state index contributed by atoms with van der Waals surface area (Å²) in [5, 5.41) is 6.01. The van der Waals surface area contributed by atoms with Gasteiger partial charge in [0.2, 0.25) is 10.0 Å². The Morgan fingerprint density at radius 3 is 2.81 bits per heavy atom. The molecule has 0 amide bonds. The molecule has 0 radical (unpaired) electrons. The zero-order chi connectivity index (χ0) is 18.8. The molecular formula is C16H24N4O4S2. The van der Waals surface area contributed by atoms with E-state index in [1.165, 1.54) is 4.31 Å². The third-order valence-corrected chi connectivity index (χ3v) is 8.17. The van der Waals surface area contributed by atoms with Gasteiger partial charge in [0.05, 0.1) is 22.9 Å². The molecule has 2 heterocycles. The second-order valence-electron chi connectivity index (χ2n) is 6.51. The first kappa shape index (κ1) is 19.0. The largest absolute Gasteiger partial charge is 0.355 e. The molecule has 0 aromatic heterocycles. The summed E-state index contributed by atoms with van der Waals surface area (Å²) < 4.78 is 49.8. The summed E-state index contributed by atoms with van der Waals surface area (Å²) in [6.45, 7) is 0.661.